The molecule has 1 aliphatic carbocycles. The van der Waals surface area contributed by atoms with E-state index < -0.39 is 0 Å². The summed E-state index contributed by atoms with van der Waals surface area (Å²) in [6.07, 6.45) is 13.1. The molecule has 3 aliphatic rings. The van der Waals surface area contributed by atoms with Crippen LogP contribution in [0, 0.1) is 0 Å². The molecule has 1 saturated heterocycles. The van der Waals surface area contributed by atoms with Gasteiger partial charge in [-0.05, 0) is 45.2 Å². The lowest BCUT2D eigenvalue weighted by Gasteiger charge is -2.48. The number of hydrogen-bond acceptors (Lipinski definition) is 4. The molecular weight excluding hydrogens is 465 g/mol. The van der Waals surface area contributed by atoms with Crippen LogP contribution >= 0.6 is 24.0 Å². The van der Waals surface area contributed by atoms with E-state index in [9.17, 15) is 0 Å². The topological polar surface area (TPSA) is 70.4 Å². The van der Waals surface area contributed by atoms with Crippen molar-refractivity contribution in [3.05, 3.63) is 11.6 Å². The van der Waals surface area contributed by atoms with Crippen molar-refractivity contribution < 1.29 is 0 Å². The maximum absolute atomic E-state index is 4.46. The van der Waals surface area contributed by atoms with E-state index in [1.165, 1.54) is 70.9 Å². The summed E-state index contributed by atoms with van der Waals surface area (Å²) in [6.45, 7) is 5.25. The zero-order valence-corrected chi connectivity index (χ0v) is 19.6. The molecule has 158 valence electrons. The summed E-state index contributed by atoms with van der Waals surface area (Å²) in [6, 6.07) is 0. The maximum atomic E-state index is 4.46. The van der Waals surface area contributed by atoms with Crippen molar-refractivity contribution in [2.45, 2.75) is 82.8 Å². The fourth-order valence-corrected chi connectivity index (χ4v) is 5.16. The Morgan fingerprint density at radius 1 is 0.964 bits per heavy atom. The average Bonchev–Trinajstić information content (AvgIpc) is 3.34. The highest BCUT2D eigenvalue weighted by Gasteiger charge is 2.38. The number of nitrogens with one attached hydrogen (secondary N) is 2. The monoisotopic (exact) mass is 501 g/mol. The molecule has 0 amide bonds. The molecule has 0 unspecified atom stereocenters. The van der Waals surface area contributed by atoms with Crippen LogP contribution in [-0.4, -0.2) is 57.8 Å². The van der Waals surface area contributed by atoms with Crippen LogP contribution in [0.15, 0.2) is 4.99 Å². The van der Waals surface area contributed by atoms with Gasteiger partial charge in [0.1, 0.15) is 5.82 Å². The quantitative estimate of drug-likeness (QED) is 0.369. The van der Waals surface area contributed by atoms with Gasteiger partial charge >= 0.3 is 0 Å². The number of aromatic nitrogens is 3. The van der Waals surface area contributed by atoms with E-state index in [1.807, 2.05) is 7.05 Å². The predicted molar refractivity (Wildman–Crippen MR) is 123 cm³/mol. The molecule has 8 heteroatoms. The van der Waals surface area contributed by atoms with Gasteiger partial charge < -0.3 is 15.2 Å². The van der Waals surface area contributed by atoms with Gasteiger partial charge in [0.2, 0.25) is 0 Å². The SMILES string of the molecule is CN=C(NCc1nnc2n1CCC2)NCC1(N2CCCCC2)CCCCC1.I. The minimum absolute atomic E-state index is 0. The number of piperidine rings is 1. The Kier molecular flexibility index (Phi) is 7.96. The summed E-state index contributed by atoms with van der Waals surface area (Å²) in [7, 11) is 1.86. The zero-order chi connectivity index (χ0) is 18.5. The van der Waals surface area contributed by atoms with Crippen LogP contribution < -0.4 is 10.6 Å². The number of aliphatic imine (C=N–C) groups is 1. The third-order valence-electron chi connectivity index (χ3n) is 6.72. The molecule has 28 heavy (non-hydrogen) atoms. The van der Waals surface area contributed by atoms with E-state index in [2.05, 4.69) is 35.3 Å². The van der Waals surface area contributed by atoms with Crippen LogP contribution in [0.1, 0.15) is 69.4 Å². The largest absolute Gasteiger partial charge is 0.355 e. The van der Waals surface area contributed by atoms with Gasteiger partial charge in [0, 0.05) is 32.1 Å². The van der Waals surface area contributed by atoms with Gasteiger partial charge in [-0.2, -0.15) is 0 Å². The Hall–Kier alpha value is -0.900. The van der Waals surface area contributed by atoms with Crippen LogP contribution in [0.4, 0.5) is 0 Å². The van der Waals surface area contributed by atoms with Gasteiger partial charge in [0.05, 0.1) is 6.54 Å². The zero-order valence-electron chi connectivity index (χ0n) is 17.3. The Bertz CT molecular complexity index is 645. The highest BCUT2D eigenvalue weighted by Crippen LogP contribution is 2.35. The van der Waals surface area contributed by atoms with Gasteiger partial charge in [0.25, 0.3) is 0 Å². The lowest BCUT2D eigenvalue weighted by atomic mass is 9.79. The Labute approximate surface area is 186 Å². The molecule has 2 aliphatic heterocycles. The summed E-state index contributed by atoms with van der Waals surface area (Å²) in [4.78, 5) is 7.24. The van der Waals surface area contributed by atoms with Crippen molar-refractivity contribution in [2.75, 3.05) is 26.7 Å². The highest BCUT2D eigenvalue weighted by atomic mass is 127. The van der Waals surface area contributed by atoms with Gasteiger partial charge in [-0.15, -0.1) is 34.2 Å². The van der Waals surface area contributed by atoms with E-state index in [1.54, 1.807) is 0 Å². The molecule has 7 nitrogen and oxygen atoms in total. The minimum atomic E-state index is 0. The molecule has 1 aromatic rings. The van der Waals surface area contributed by atoms with Crippen molar-refractivity contribution in [3.63, 3.8) is 0 Å². The standard InChI is InChI=1S/C20H35N7.HI/c1-21-19(22-15-18-25-24-17-9-8-14-27(17)18)23-16-20(10-4-2-5-11-20)26-12-6-3-7-13-26;/h2-16H2,1H3,(H2,21,22,23);1H. The van der Waals surface area contributed by atoms with Crippen molar-refractivity contribution in [3.8, 4) is 0 Å². The van der Waals surface area contributed by atoms with Gasteiger partial charge in [0.15, 0.2) is 11.8 Å². The summed E-state index contributed by atoms with van der Waals surface area (Å²) in [5, 5.41) is 15.7. The van der Waals surface area contributed by atoms with Gasteiger partial charge in [-0.1, -0.05) is 25.7 Å². The molecule has 0 aromatic carbocycles. The first-order valence-electron chi connectivity index (χ1n) is 10.9. The minimum Gasteiger partial charge on any atom is -0.355 e. The Balaban J connectivity index is 0.00000225. The first kappa shape index (κ1) is 21.8. The molecule has 0 radical (unpaired) electrons. The smallest absolute Gasteiger partial charge is 0.191 e. The number of nitrogens with zero attached hydrogens (tertiary/aromatic N) is 5. The number of fused-ring (bicyclic) bond motifs is 1. The molecule has 1 aromatic heterocycles. The highest BCUT2D eigenvalue weighted by molar-refractivity contribution is 14.0. The Morgan fingerprint density at radius 3 is 2.46 bits per heavy atom. The third-order valence-corrected chi connectivity index (χ3v) is 6.72. The lowest BCUT2D eigenvalue weighted by molar-refractivity contribution is 0.0368. The second kappa shape index (κ2) is 10.2. The number of guanidine groups is 1. The van der Waals surface area contributed by atoms with E-state index in [-0.39, 0.29) is 24.0 Å². The molecule has 4 rings (SSSR count). The van der Waals surface area contributed by atoms with E-state index in [4.69, 9.17) is 0 Å². The van der Waals surface area contributed by atoms with E-state index in [0.29, 0.717) is 12.1 Å². The first-order valence-corrected chi connectivity index (χ1v) is 10.9. The predicted octanol–water partition coefficient (Wildman–Crippen LogP) is 2.70. The van der Waals surface area contributed by atoms with Crippen molar-refractivity contribution >= 4 is 29.9 Å². The molecule has 0 bridgehead atoms. The van der Waals surface area contributed by atoms with E-state index in [0.717, 1.165) is 37.1 Å². The summed E-state index contributed by atoms with van der Waals surface area (Å²) < 4.78 is 2.25. The van der Waals surface area contributed by atoms with Gasteiger partial charge in [-0.3, -0.25) is 9.89 Å². The number of rotatable bonds is 5. The Morgan fingerprint density at radius 2 is 1.71 bits per heavy atom. The second-order valence-electron chi connectivity index (χ2n) is 8.40. The maximum Gasteiger partial charge on any atom is 0.191 e. The number of hydrogen-bond donors (Lipinski definition) is 2. The number of aryl methyl sites for hydroxylation is 1. The fourth-order valence-electron chi connectivity index (χ4n) is 5.16. The van der Waals surface area contributed by atoms with Crippen molar-refractivity contribution in [1.29, 1.82) is 0 Å². The molecule has 0 spiro atoms. The average molecular weight is 501 g/mol. The first-order chi connectivity index (χ1) is 13.3. The summed E-state index contributed by atoms with van der Waals surface area (Å²) in [5.74, 6) is 3.03. The van der Waals surface area contributed by atoms with Crippen LogP contribution in [0.5, 0.6) is 0 Å². The van der Waals surface area contributed by atoms with E-state index >= 15 is 0 Å². The fraction of sp³-hybridized carbons (Fsp3) is 0.850. The molecular formula is C20H36IN7. The van der Waals surface area contributed by atoms with Crippen LogP contribution in [-0.2, 0) is 19.5 Å². The number of halogens is 1. The van der Waals surface area contributed by atoms with Crippen molar-refractivity contribution in [1.82, 2.24) is 30.3 Å². The van der Waals surface area contributed by atoms with Crippen LogP contribution in [0.3, 0.4) is 0 Å². The van der Waals surface area contributed by atoms with Crippen LogP contribution in [0.2, 0.25) is 0 Å². The van der Waals surface area contributed by atoms with Crippen LogP contribution in [0.25, 0.3) is 0 Å². The summed E-state index contributed by atoms with van der Waals surface area (Å²) in [5.41, 5.74) is 0.312. The molecule has 2 fully saturated rings. The summed E-state index contributed by atoms with van der Waals surface area (Å²) >= 11 is 0. The molecule has 2 N–H and O–H groups in total. The molecule has 3 heterocycles. The molecule has 1 saturated carbocycles. The second-order valence-corrected chi connectivity index (χ2v) is 8.40. The van der Waals surface area contributed by atoms with Gasteiger partial charge in [-0.25, -0.2) is 0 Å². The normalized spacial score (nSPS) is 22.4. The van der Waals surface area contributed by atoms with Crippen molar-refractivity contribution in [2.24, 2.45) is 4.99 Å². The molecule has 0 atom stereocenters. The lowest BCUT2D eigenvalue weighted by Crippen LogP contribution is -2.59. The number of likely N-dealkylation sites (tertiary alicyclic amines) is 1. The third kappa shape index (κ3) is 4.80.